The molecule has 66 valence electrons. The first-order valence-corrected chi connectivity index (χ1v) is 12.3. The Hall–Kier alpha value is 1.33. The van der Waals surface area contributed by atoms with E-state index in [1.807, 2.05) is 6.55 Å². The molecule has 0 amide bonds. The fourth-order valence-electron chi connectivity index (χ4n) is 0.530. The van der Waals surface area contributed by atoms with Gasteiger partial charge in [0, 0.05) is 0 Å². The fourth-order valence-corrected chi connectivity index (χ4v) is 6.42. The highest BCUT2D eigenvalue weighted by Gasteiger charge is 2.32. The molecule has 0 aliphatic heterocycles. The third kappa shape index (κ3) is 6.49. The van der Waals surface area contributed by atoms with E-state index in [0.29, 0.717) is 6.04 Å². The minimum Gasteiger partial charge on any atom is -0.146 e. The summed E-state index contributed by atoms with van der Waals surface area (Å²) in [4.78, 5) is 0. The van der Waals surface area contributed by atoms with Crippen LogP contribution in [0.1, 0.15) is 0 Å². The second-order valence-electron chi connectivity index (χ2n) is 2.74. The lowest BCUT2D eigenvalue weighted by Gasteiger charge is -2.18. The van der Waals surface area contributed by atoms with Gasteiger partial charge in [0.25, 0.3) is 13.4 Å². The first-order valence-electron chi connectivity index (χ1n) is 3.07. The molecule has 0 aromatic carbocycles. The molecule has 0 rings (SSSR count). The highest BCUT2D eigenvalue weighted by molar-refractivity contribution is 7.50. The summed E-state index contributed by atoms with van der Waals surface area (Å²) in [5, 5.41) is 0.819. The highest BCUT2D eigenvalue weighted by atomic mass is 35.7. The Morgan fingerprint density at radius 2 is 1.55 bits per heavy atom. The van der Waals surface area contributed by atoms with E-state index in [4.69, 9.17) is 44.3 Å². The second kappa shape index (κ2) is 4.03. The van der Waals surface area contributed by atoms with Crippen LogP contribution in [0.4, 0.5) is 0 Å². The second-order valence-corrected chi connectivity index (χ2v) is 18.4. The standard InChI is InChI=1S/C5H10Cl4Si2/c1-5(11(3,8)9)4-10(2,6)7/h1,4H2,2-3H3. The number of allylic oxidation sites excluding steroid dienone is 1. The number of hydrogen-bond acceptors (Lipinski definition) is 0. The van der Waals surface area contributed by atoms with Crippen molar-refractivity contribution in [3.8, 4) is 0 Å². The van der Waals surface area contributed by atoms with Crippen molar-refractivity contribution in [2.45, 2.75) is 19.1 Å². The van der Waals surface area contributed by atoms with Crippen molar-refractivity contribution in [1.29, 1.82) is 0 Å². The molecule has 0 nitrogen and oxygen atoms in total. The molecule has 0 saturated heterocycles. The monoisotopic (exact) mass is 266 g/mol. The summed E-state index contributed by atoms with van der Waals surface area (Å²) in [7, 11) is 0. The van der Waals surface area contributed by atoms with E-state index in [9.17, 15) is 0 Å². The van der Waals surface area contributed by atoms with Gasteiger partial charge in [-0.15, -0.1) is 50.9 Å². The normalized spacial score (nSPS) is 13.3. The van der Waals surface area contributed by atoms with Crippen molar-refractivity contribution in [2.24, 2.45) is 0 Å². The number of hydrogen-bond donors (Lipinski definition) is 0. The summed E-state index contributed by atoms with van der Waals surface area (Å²) in [6.45, 7) is 3.03. The fraction of sp³-hybridized carbons (Fsp3) is 0.600. The van der Waals surface area contributed by atoms with Gasteiger partial charge in [-0.25, -0.2) is 0 Å². The predicted octanol–water partition coefficient (Wildman–Crippen LogP) is 4.18. The Morgan fingerprint density at radius 1 is 1.18 bits per heavy atom. The van der Waals surface area contributed by atoms with E-state index in [1.54, 1.807) is 6.55 Å². The number of halogens is 4. The van der Waals surface area contributed by atoms with Crippen molar-refractivity contribution < 1.29 is 0 Å². The van der Waals surface area contributed by atoms with Gasteiger partial charge in [0.2, 0.25) is 0 Å². The molecular weight excluding hydrogens is 258 g/mol. The summed E-state index contributed by atoms with van der Waals surface area (Å²) in [6.07, 6.45) is 0. The van der Waals surface area contributed by atoms with Gasteiger partial charge in [0.15, 0.2) is 0 Å². The Balaban J connectivity index is 4.11. The quantitative estimate of drug-likeness (QED) is 0.532. The molecule has 0 bridgehead atoms. The Kier molecular flexibility index (Phi) is 4.52. The van der Waals surface area contributed by atoms with Gasteiger partial charge in [-0.2, -0.15) is 0 Å². The van der Waals surface area contributed by atoms with Crippen LogP contribution in [0.2, 0.25) is 19.1 Å². The highest BCUT2D eigenvalue weighted by Crippen LogP contribution is 2.32. The first-order chi connectivity index (χ1) is 4.63. The summed E-state index contributed by atoms with van der Waals surface area (Å²) in [6, 6.07) is 0.589. The third-order valence-corrected chi connectivity index (χ3v) is 6.37. The average Bonchev–Trinajstić information content (AvgIpc) is 1.56. The summed E-state index contributed by atoms with van der Waals surface area (Å²) in [5.74, 6) is 0. The maximum absolute atomic E-state index is 5.90. The predicted molar refractivity (Wildman–Crippen MR) is 60.6 cm³/mol. The van der Waals surface area contributed by atoms with Crippen molar-refractivity contribution in [3.05, 3.63) is 11.8 Å². The molecule has 0 saturated carbocycles. The molecule has 0 N–H and O–H groups in total. The maximum atomic E-state index is 5.90. The van der Waals surface area contributed by atoms with Crippen LogP contribution >= 0.6 is 44.3 Å². The average molecular weight is 268 g/mol. The minimum atomic E-state index is -2.25. The SMILES string of the molecule is C=C(C[Si](C)(Cl)Cl)[Si](C)(Cl)Cl. The van der Waals surface area contributed by atoms with E-state index in [0.717, 1.165) is 5.20 Å². The molecule has 0 atom stereocenters. The van der Waals surface area contributed by atoms with Gasteiger partial charge < -0.3 is 0 Å². The van der Waals surface area contributed by atoms with Crippen LogP contribution in [0.3, 0.4) is 0 Å². The zero-order valence-electron chi connectivity index (χ0n) is 6.43. The van der Waals surface area contributed by atoms with Crippen LogP contribution in [0.25, 0.3) is 0 Å². The van der Waals surface area contributed by atoms with E-state index in [2.05, 4.69) is 6.58 Å². The molecule has 0 aromatic rings. The molecule has 0 radical (unpaired) electrons. The van der Waals surface area contributed by atoms with Gasteiger partial charge in [-0.3, -0.25) is 0 Å². The lowest BCUT2D eigenvalue weighted by Crippen LogP contribution is -2.24. The zero-order chi connectivity index (χ0) is 9.28. The van der Waals surface area contributed by atoms with E-state index < -0.39 is 13.4 Å². The van der Waals surface area contributed by atoms with Crippen molar-refractivity contribution in [2.75, 3.05) is 0 Å². The smallest absolute Gasteiger partial charge is 0.146 e. The number of rotatable bonds is 3. The van der Waals surface area contributed by atoms with E-state index in [-0.39, 0.29) is 0 Å². The Morgan fingerprint density at radius 3 is 1.64 bits per heavy atom. The van der Waals surface area contributed by atoms with Crippen molar-refractivity contribution >= 4 is 57.7 Å². The lowest BCUT2D eigenvalue weighted by atomic mass is 10.7. The van der Waals surface area contributed by atoms with Gasteiger partial charge in [0.05, 0.1) is 0 Å². The largest absolute Gasteiger partial charge is 0.273 e. The first kappa shape index (κ1) is 12.3. The lowest BCUT2D eigenvalue weighted by molar-refractivity contribution is 1.58. The topological polar surface area (TPSA) is 0 Å². The van der Waals surface area contributed by atoms with Gasteiger partial charge in [0.1, 0.15) is 0 Å². The van der Waals surface area contributed by atoms with E-state index >= 15 is 0 Å². The maximum Gasteiger partial charge on any atom is 0.273 e. The van der Waals surface area contributed by atoms with Crippen LogP contribution in [-0.2, 0) is 0 Å². The summed E-state index contributed by atoms with van der Waals surface area (Å²) >= 11 is 23.6. The molecule has 0 spiro atoms. The molecule has 0 heterocycles. The van der Waals surface area contributed by atoms with Gasteiger partial charge in [-0.05, 0) is 19.1 Å². The molecule has 0 unspecified atom stereocenters. The molecule has 0 aromatic heterocycles. The van der Waals surface area contributed by atoms with Crippen molar-refractivity contribution in [1.82, 2.24) is 0 Å². The minimum absolute atomic E-state index is 0.589. The summed E-state index contributed by atoms with van der Waals surface area (Å²) in [5.41, 5.74) is 0. The van der Waals surface area contributed by atoms with Gasteiger partial charge in [-0.1, -0.05) is 5.20 Å². The van der Waals surface area contributed by atoms with Crippen LogP contribution in [-0.4, -0.2) is 13.4 Å². The Labute approximate surface area is 88.3 Å². The van der Waals surface area contributed by atoms with Crippen LogP contribution in [0.15, 0.2) is 11.8 Å². The van der Waals surface area contributed by atoms with Crippen LogP contribution in [0.5, 0.6) is 0 Å². The molecule has 0 aliphatic rings. The molecule has 0 aliphatic carbocycles. The third-order valence-electron chi connectivity index (χ3n) is 1.14. The van der Waals surface area contributed by atoms with Crippen molar-refractivity contribution in [3.63, 3.8) is 0 Å². The molecule has 0 fully saturated rings. The zero-order valence-corrected chi connectivity index (χ0v) is 11.4. The van der Waals surface area contributed by atoms with E-state index in [1.165, 1.54) is 0 Å². The Bertz CT molecular complexity index is 155. The summed E-state index contributed by atoms with van der Waals surface area (Å²) < 4.78 is 0. The molecule has 11 heavy (non-hydrogen) atoms. The van der Waals surface area contributed by atoms with Gasteiger partial charge >= 0.3 is 0 Å². The molecule has 6 heteroatoms. The van der Waals surface area contributed by atoms with Crippen LogP contribution < -0.4 is 0 Å². The molecular formula is C5H10Cl4Si2. The van der Waals surface area contributed by atoms with Crippen LogP contribution in [0, 0.1) is 0 Å².